The molecule has 1 fully saturated rings. The van der Waals surface area contributed by atoms with Crippen molar-refractivity contribution in [1.82, 2.24) is 9.78 Å². The second-order valence-electron chi connectivity index (χ2n) is 3.51. The SMILES string of the molecule is Nc1cnn(CCC2(O)CC2)c1. The van der Waals surface area contributed by atoms with Gasteiger partial charge in [-0.1, -0.05) is 0 Å². The van der Waals surface area contributed by atoms with Gasteiger partial charge in [0, 0.05) is 12.7 Å². The molecule has 0 spiro atoms. The molecule has 0 amide bonds. The zero-order valence-corrected chi connectivity index (χ0v) is 6.90. The fourth-order valence-corrected chi connectivity index (χ4v) is 1.22. The van der Waals surface area contributed by atoms with Gasteiger partial charge in [-0.25, -0.2) is 0 Å². The molecular weight excluding hydrogens is 154 g/mol. The summed E-state index contributed by atoms with van der Waals surface area (Å²) in [7, 11) is 0. The molecule has 1 aromatic heterocycles. The monoisotopic (exact) mass is 167 g/mol. The molecule has 0 aromatic carbocycles. The summed E-state index contributed by atoms with van der Waals surface area (Å²) >= 11 is 0. The zero-order chi connectivity index (χ0) is 8.60. The third-order valence-electron chi connectivity index (χ3n) is 2.29. The van der Waals surface area contributed by atoms with Crippen LogP contribution in [0.3, 0.4) is 0 Å². The first kappa shape index (κ1) is 7.61. The Morgan fingerprint density at radius 2 is 2.42 bits per heavy atom. The largest absolute Gasteiger partial charge is 0.396 e. The van der Waals surface area contributed by atoms with Crippen LogP contribution in [-0.4, -0.2) is 20.5 Å². The summed E-state index contributed by atoms with van der Waals surface area (Å²) in [5.74, 6) is 0. The standard InChI is InChI=1S/C8H13N3O/c9-7-5-10-11(6-7)4-3-8(12)1-2-8/h5-6,12H,1-4,9H2. The maximum Gasteiger partial charge on any atom is 0.0719 e. The molecule has 0 unspecified atom stereocenters. The highest BCUT2D eigenvalue weighted by molar-refractivity contribution is 5.30. The average molecular weight is 167 g/mol. The van der Waals surface area contributed by atoms with Gasteiger partial charge < -0.3 is 10.8 Å². The number of hydrogen-bond acceptors (Lipinski definition) is 3. The van der Waals surface area contributed by atoms with Gasteiger partial charge in [-0.2, -0.15) is 5.10 Å². The first-order chi connectivity index (χ1) is 5.68. The van der Waals surface area contributed by atoms with E-state index in [0.29, 0.717) is 5.69 Å². The van der Waals surface area contributed by atoms with Crippen LogP contribution in [-0.2, 0) is 6.54 Å². The van der Waals surface area contributed by atoms with Crippen molar-refractivity contribution in [2.24, 2.45) is 0 Å². The van der Waals surface area contributed by atoms with E-state index >= 15 is 0 Å². The summed E-state index contributed by atoms with van der Waals surface area (Å²) in [5, 5.41) is 13.6. The minimum Gasteiger partial charge on any atom is -0.396 e. The Hall–Kier alpha value is -1.03. The van der Waals surface area contributed by atoms with Crippen LogP contribution in [0.2, 0.25) is 0 Å². The Morgan fingerprint density at radius 3 is 2.92 bits per heavy atom. The van der Waals surface area contributed by atoms with Crippen LogP contribution in [0.25, 0.3) is 0 Å². The number of aliphatic hydroxyl groups is 1. The lowest BCUT2D eigenvalue weighted by Gasteiger charge is -2.06. The lowest BCUT2D eigenvalue weighted by atomic mass is 10.2. The molecule has 0 saturated heterocycles. The van der Waals surface area contributed by atoms with Gasteiger partial charge in [-0.3, -0.25) is 4.68 Å². The normalized spacial score (nSPS) is 19.4. The van der Waals surface area contributed by atoms with Crippen LogP contribution < -0.4 is 5.73 Å². The summed E-state index contributed by atoms with van der Waals surface area (Å²) in [4.78, 5) is 0. The fourth-order valence-electron chi connectivity index (χ4n) is 1.22. The van der Waals surface area contributed by atoms with Crippen LogP contribution in [0.15, 0.2) is 12.4 Å². The minimum absolute atomic E-state index is 0.388. The lowest BCUT2D eigenvalue weighted by molar-refractivity contribution is 0.132. The highest BCUT2D eigenvalue weighted by Gasteiger charge is 2.39. The van der Waals surface area contributed by atoms with Crippen LogP contribution in [0.1, 0.15) is 19.3 Å². The summed E-state index contributed by atoms with van der Waals surface area (Å²) in [6, 6.07) is 0. The highest BCUT2D eigenvalue weighted by Crippen LogP contribution is 2.38. The van der Waals surface area contributed by atoms with Crippen molar-refractivity contribution in [3.8, 4) is 0 Å². The second-order valence-corrected chi connectivity index (χ2v) is 3.51. The van der Waals surface area contributed by atoms with Crippen molar-refractivity contribution >= 4 is 5.69 Å². The van der Waals surface area contributed by atoms with E-state index in [1.807, 2.05) is 0 Å². The molecule has 0 radical (unpaired) electrons. The Labute approximate surface area is 71.0 Å². The number of rotatable bonds is 3. The lowest BCUT2D eigenvalue weighted by Crippen LogP contribution is -2.11. The third kappa shape index (κ3) is 1.58. The number of nitrogens with two attached hydrogens (primary N) is 1. The van der Waals surface area contributed by atoms with Gasteiger partial charge in [-0.15, -0.1) is 0 Å². The third-order valence-corrected chi connectivity index (χ3v) is 2.29. The number of nitrogens with zero attached hydrogens (tertiary/aromatic N) is 2. The highest BCUT2D eigenvalue weighted by atomic mass is 16.3. The molecule has 0 atom stereocenters. The zero-order valence-electron chi connectivity index (χ0n) is 6.90. The van der Waals surface area contributed by atoms with Crippen LogP contribution in [0, 0.1) is 0 Å². The van der Waals surface area contributed by atoms with Crippen molar-refractivity contribution in [2.75, 3.05) is 5.73 Å². The van der Waals surface area contributed by atoms with Crippen molar-refractivity contribution in [3.63, 3.8) is 0 Å². The van der Waals surface area contributed by atoms with Crippen LogP contribution >= 0.6 is 0 Å². The number of aryl methyl sites for hydroxylation is 1. The Bertz CT molecular complexity index is 278. The molecule has 12 heavy (non-hydrogen) atoms. The number of hydrogen-bond donors (Lipinski definition) is 2. The number of anilines is 1. The first-order valence-corrected chi connectivity index (χ1v) is 4.18. The molecule has 0 bridgehead atoms. The van der Waals surface area contributed by atoms with Gasteiger partial charge >= 0.3 is 0 Å². The fraction of sp³-hybridized carbons (Fsp3) is 0.625. The Balaban J connectivity index is 1.87. The van der Waals surface area contributed by atoms with Gasteiger partial charge in [0.05, 0.1) is 17.5 Å². The maximum atomic E-state index is 9.52. The molecule has 1 aromatic rings. The van der Waals surface area contributed by atoms with Crippen molar-refractivity contribution in [1.29, 1.82) is 0 Å². The van der Waals surface area contributed by atoms with E-state index in [1.54, 1.807) is 17.1 Å². The van der Waals surface area contributed by atoms with Crippen LogP contribution in [0.5, 0.6) is 0 Å². The van der Waals surface area contributed by atoms with Crippen molar-refractivity contribution in [2.45, 2.75) is 31.4 Å². The van der Waals surface area contributed by atoms with E-state index < -0.39 is 0 Å². The molecule has 4 heteroatoms. The minimum atomic E-state index is -0.388. The van der Waals surface area contributed by atoms with Gasteiger partial charge in [0.1, 0.15) is 0 Å². The number of aromatic nitrogens is 2. The summed E-state index contributed by atoms with van der Waals surface area (Å²) in [6.45, 7) is 0.758. The summed E-state index contributed by atoms with van der Waals surface area (Å²) in [5.41, 5.74) is 5.78. The summed E-state index contributed by atoms with van der Waals surface area (Å²) in [6.07, 6.45) is 6.06. The molecule has 4 nitrogen and oxygen atoms in total. The predicted molar refractivity (Wildman–Crippen MR) is 45.4 cm³/mol. The van der Waals surface area contributed by atoms with Crippen LogP contribution in [0.4, 0.5) is 5.69 Å². The topological polar surface area (TPSA) is 64.1 Å². The van der Waals surface area contributed by atoms with E-state index in [1.165, 1.54) is 0 Å². The molecule has 1 saturated carbocycles. The van der Waals surface area contributed by atoms with Gasteiger partial charge in [0.15, 0.2) is 0 Å². The van der Waals surface area contributed by atoms with E-state index in [0.717, 1.165) is 25.8 Å². The van der Waals surface area contributed by atoms with E-state index in [2.05, 4.69) is 5.10 Å². The smallest absolute Gasteiger partial charge is 0.0719 e. The Kier molecular flexibility index (Phi) is 1.58. The average Bonchev–Trinajstić information content (AvgIpc) is 2.60. The molecule has 2 rings (SSSR count). The Morgan fingerprint density at radius 1 is 1.67 bits per heavy atom. The van der Waals surface area contributed by atoms with Gasteiger partial charge in [-0.05, 0) is 19.3 Å². The van der Waals surface area contributed by atoms with E-state index in [9.17, 15) is 5.11 Å². The van der Waals surface area contributed by atoms with Crippen molar-refractivity contribution in [3.05, 3.63) is 12.4 Å². The maximum absolute atomic E-state index is 9.52. The quantitative estimate of drug-likeness (QED) is 0.684. The molecule has 0 aliphatic heterocycles. The molecule has 1 aliphatic carbocycles. The molecule has 66 valence electrons. The predicted octanol–water partition coefficient (Wildman–Crippen LogP) is 0.380. The first-order valence-electron chi connectivity index (χ1n) is 4.18. The second kappa shape index (κ2) is 2.48. The molecule has 1 aliphatic rings. The van der Waals surface area contributed by atoms with E-state index in [4.69, 9.17) is 5.73 Å². The number of nitrogen functional groups attached to an aromatic ring is 1. The van der Waals surface area contributed by atoms with Crippen molar-refractivity contribution < 1.29 is 5.11 Å². The van der Waals surface area contributed by atoms with E-state index in [-0.39, 0.29) is 5.60 Å². The molecule has 1 heterocycles. The molecular formula is C8H13N3O. The van der Waals surface area contributed by atoms with Gasteiger partial charge in [0.25, 0.3) is 0 Å². The van der Waals surface area contributed by atoms with Gasteiger partial charge in [0.2, 0.25) is 0 Å². The summed E-state index contributed by atoms with van der Waals surface area (Å²) < 4.78 is 1.77. The molecule has 3 N–H and O–H groups in total.